The third-order valence-corrected chi connectivity index (χ3v) is 2.35. The molecule has 60 valence electrons. The van der Waals surface area contributed by atoms with Crippen LogP contribution in [0.25, 0.3) is 0 Å². The number of nitrogens with zero attached hydrogens (tertiary/aromatic N) is 1. The Kier molecular flexibility index (Phi) is 2.00. The van der Waals surface area contributed by atoms with Gasteiger partial charge in [-0.05, 0) is 13.0 Å². The molecule has 1 heterocycles. The first-order valence-electron chi connectivity index (χ1n) is 3.23. The van der Waals surface area contributed by atoms with Crippen molar-refractivity contribution < 1.29 is 4.79 Å². The third kappa shape index (κ3) is 1.28. The molecule has 1 unspecified atom stereocenters. The number of nitrogens with two attached hydrogens (primary N) is 1. The number of carbonyl (C=O) groups is 1. The SMILES string of the molecule is CC1(C(N)=O)CN=CC=C1Cl. The van der Waals surface area contributed by atoms with Crippen molar-refractivity contribution in [1.29, 1.82) is 0 Å². The van der Waals surface area contributed by atoms with Gasteiger partial charge in [0.25, 0.3) is 0 Å². The Hall–Kier alpha value is -0.830. The fourth-order valence-electron chi connectivity index (χ4n) is 0.808. The molecule has 0 saturated carbocycles. The molecule has 3 nitrogen and oxygen atoms in total. The number of allylic oxidation sites excluding steroid dienone is 1. The van der Waals surface area contributed by atoms with Crippen molar-refractivity contribution in [3.8, 4) is 0 Å². The topological polar surface area (TPSA) is 55.5 Å². The van der Waals surface area contributed by atoms with Gasteiger partial charge in [0.1, 0.15) is 5.41 Å². The zero-order valence-electron chi connectivity index (χ0n) is 6.17. The van der Waals surface area contributed by atoms with Gasteiger partial charge in [0.2, 0.25) is 5.91 Å². The van der Waals surface area contributed by atoms with Gasteiger partial charge < -0.3 is 5.73 Å². The number of carbonyl (C=O) groups excluding carboxylic acids is 1. The fourth-order valence-corrected chi connectivity index (χ4v) is 1.02. The first-order valence-corrected chi connectivity index (χ1v) is 3.61. The molecule has 0 aromatic heterocycles. The molecule has 0 aromatic carbocycles. The highest BCUT2D eigenvalue weighted by atomic mass is 35.5. The number of primary amides is 1. The van der Waals surface area contributed by atoms with E-state index in [2.05, 4.69) is 4.99 Å². The first-order chi connectivity index (χ1) is 5.07. The maximum absolute atomic E-state index is 10.9. The summed E-state index contributed by atoms with van der Waals surface area (Å²) in [6.45, 7) is 2.03. The number of aliphatic imine (C=N–C) groups is 1. The molecule has 0 bridgehead atoms. The van der Waals surface area contributed by atoms with E-state index in [1.807, 2.05) is 0 Å². The van der Waals surface area contributed by atoms with Gasteiger partial charge in [0, 0.05) is 11.2 Å². The van der Waals surface area contributed by atoms with Gasteiger partial charge in [-0.15, -0.1) is 0 Å². The Bertz CT molecular complexity index is 247. The normalized spacial score (nSPS) is 29.8. The monoisotopic (exact) mass is 172 g/mol. The number of hydrogen-bond acceptors (Lipinski definition) is 2. The fraction of sp³-hybridized carbons (Fsp3) is 0.429. The lowest BCUT2D eigenvalue weighted by Gasteiger charge is -2.24. The maximum Gasteiger partial charge on any atom is 0.230 e. The van der Waals surface area contributed by atoms with Crippen LogP contribution in [0.15, 0.2) is 16.1 Å². The van der Waals surface area contributed by atoms with E-state index in [0.29, 0.717) is 11.6 Å². The first kappa shape index (κ1) is 8.27. The minimum atomic E-state index is -0.795. The van der Waals surface area contributed by atoms with E-state index < -0.39 is 11.3 Å². The summed E-state index contributed by atoms with van der Waals surface area (Å²) < 4.78 is 0. The van der Waals surface area contributed by atoms with Gasteiger partial charge >= 0.3 is 0 Å². The van der Waals surface area contributed by atoms with Crippen molar-refractivity contribution in [2.45, 2.75) is 6.92 Å². The Morgan fingerprint density at radius 2 is 2.55 bits per heavy atom. The van der Waals surface area contributed by atoms with E-state index >= 15 is 0 Å². The minimum absolute atomic E-state index is 0.345. The van der Waals surface area contributed by atoms with E-state index in [-0.39, 0.29) is 0 Å². The lowest BCUT2D eigenvalue weighted by Crippen LogP contribution is -2.38. The van der Waals surface area contributed by atoms with E-state index in [0.717, 1.165) is 0 Å². The second-order valence-electron chi connectivity index (χ2n) is 2.70. The van der Waals surface area contributed by atoms with Gasteiger partial charge in [-0.2, -0.15) is 0 Å². The van der Waals surface area contributed by atoms with E-state index in [9.17, 15) is 4.79 Å². The van der Waals surface area contributed by atoms with E-state index in [1.54, 1.807) is 19.2 Å². The molecule has 11 heavy (non-hydrogen) atoms. The van der Waals surface area contributed by atoms with Gasteiger partial charge in [-0.1, -0.05) is 11.6 Å². The Morgan fingerprint density at radius 1 is 1.91 bits per heavy atom. The van der Waals surface area contributed by atoms with Crippen molar-refractivity contribution in [3.05, 3.63) is 11.1 Å². The summed E-state index contributed by atoms with van der Waals surface area (Å²) in [5.74, 6) is -0.435. The molecule has 0 aromatic rings. The van der Waals surface area contributed by atoms with Crippen LogP contribution in [-0.2, 0) is 4.79 Å². The molecule has 0 aliphatic carbocycles. The molecule has 0 radical (unpaired) electrons. The standard InChI is InChI=1S/C7H9ClN2O/c1-7(6(9)11)4-10-3-2-5(7)8/h2-3H,4H2,1H3,(H2,9,11). The molecule has 1 rings (SSSR count). The number of halogens is 1. The predicted octanol–water partition coefficient (Wildman–Crippen LogP) is 0.685. The number of hydrogen-bond donors (Lipinski definition) is 1. The average molecular weight is 173 g/mol. The summed E-state index contributed by atoms with van der Waals surface area (Å²) in [5.41, 5.74) is 4.36. The predicted molar refractivity (Wildman–Crippen MR) is 44.6 cm³/mol. The van der Waals surface area contributed by atoms with Crippen LogP contribution in [0.5, 0.6) is 0 Å². The van der Waals surface area contributed by atoms with Crippen LogP contribution in [0.1, 0.15) is 6.92 Å². The number of amides is 1. The molecule has 0 fully saturated rings. The van der Waals surface area contributed by atoms with Crippen molar-refractivity contribution >= 4 is 23.7 Å². The van der Waals surface area contributed by atoms with Crippen molar-refractivity contribution in [1.82, 2.24) is 0 Å². The molecule has 2 N–H and O–H groups in total. The van der Waals surface area contributed by atoms with Crippen LogP contribution in [0.2, 0.25) is 0 Å². The highest BCUT2D eigenvalue weighted by molar-refractivity contribution is 6.33. The van der Waals surface area contributed by atoms with Crippen LogP contribution in [-0.4, -0.2) is 18.7 Å². The summed E-state index contributed by atoms with van der Waals surface area (Å²) >= 11 is 5.79. The summed E-state index contributed by atoms with van der Waals surface area (Å²) in [6, 6.07) is 0. The summed E-state index contributed by atoms with van der Waals surface area (Å²) in [5, 5.41) is 0.458. The number of rotatable bonds is 1. The molecule has 0 spiro atoms. The van der Waals surface area contributed by atoms with E-state index in [1.165, 1.54) is 0 Å². The van der Waals surface area contributed by atoms with Crippen molar-refractivity contribution in [2.24, 2.45) is 16.1 Å². The Morgan fingerprint density at radius 3 is 2.91 bits per heavy atom. The number of dihydropyridines is 1. The quantitative estimate of drug-likeness (QED) is 0.622. The van der Waals surface area contributed by atoms with Crippen LogP contribution in [0, 0.1) is 5.41 Å². The average Bonchev–Trinajstić information content (AvgIpc) is 1.95. The Balaban J connectivity index is 2.97. The van der Waals surface area contributed by atoms with Gasteiger partial charge in [0.05, 0.1) is 6.54 Å². The third-order valence-electron chi connectivity index (χ3n) is 1.80. The highest BCUT2D eigenvalue weighted by Gasteiger charge is 2.35. The molecule has 1 aliphatic heterocycles. The van der Waals surface area contributed by atoms with Gasteiger partial charge in [-0.25, -0.2) is 0 Å². The second-order valence-corrected chi connectivity index (χ2v) is 3.11. The lowest BCUT2D eigenvalue weighted by molar-refractivity contribution is -0.124. The molecule has 1 atom stereocenters. The molecule has 1 aliphatic rings. The largest absolute Gasteiger partial charge is 0.369 e. The lowest BCUT2D eigenvalue weighted by atomic mass is 9.88. The van der Waals surface area contributed by atoms with Crippen molar-refractivity contribution in [3.63, 3.8) is 0 Å². The maximum atomic E-state index is 10.9. The van der Waals surface area contributed by atoms with E-state index in [4.69, 9.17) is 17.3 Å². The summed E-state index contributed by atoms with van der Waals surface area (Å²) in [6.07, 6.45) is 3.17. The van der Waals surface area contributed by atoms with Crippen molar-refractivity contribution in [2.75, 3.05) is 6.54 Å². The summed E-state index contributed by atoms with van der Waals surface area (Å²) in [4.78, 5) is 14.8. The van der Waals surface area contributed by atoms with Crippen LogP contribution < -0.4 is 5.73 Å². The Labute approximate surface area is 69.9 Å². The zero-order chi connectivity index (χ0) is 8.48. The highest BCUT2D eigenvalue weighted by Crippen LogP contribution is 2.31. The molecule has 4 heteroatoms. The second kappa shape index (κ2) is 2.66. The molecular formula is C7H9ClN2O. The van der Waals surface area contributed by atoms with Gasteiger partial charge in [-0.3, -0.25) is 9.79 Å². The minimum Gasteiger partial charge on any atom is -0.369 e. The van der Waals surface area contributed by atoms with Gasteiger partial charge in [0.15, 0.2) is 0 Å². The zero-order valence-corrected chi connectivity index (χ0v) is 6.93. The van der Waals surface area contributed by atoms with Crippen LogP contribution in [0.4, 0.5) is 0 Å². The smallest absolute Gasteiger partial charge is 0.230 e. The molecule has 1 amide bonds. The molecule has 0 saturated heterocycles. The molecular weight excluding hydrogens is 164 g/mol. The summed E-state index contributed by atoms with van der Waals surface area (Å²) in [7, 11) is 0. The van der Waals surface area contributed by atoms with Crippen LogP contribution in [0.3, 0.4) is 0 Å². The van der Waals surface area contributed by atoms with Crippen LogP contribution >= 0.6 is 11.6 Å².